The Kier molecular flexibility index (Phi) is 5.46. The van der Waals surface area contributed by atoms with E-state index in [2.05, 4.69) is 59.2 Å². The zero-order valence-corrected chi connectivity index (χ0v) is 16.6. The molecule has 1 aromatic carbocycles. The van der Waals surface area contributed by atoms with Crippen LogP contribution in [0.4, 0.5) is 0 Å². The summed E-state index contributed by atoms with van der Waals surface area (Å²) in [4.78, 5) is 9.17. The molecule has 1 aliphatic carbocycles. The zero-order valence-electron chi connectivity index (χ0n) is 16.6. The highest BCUT2D eigenvalue weighted by Gasteiger charge is 2.41. The predicted octanol–water partition coefficient (Wildman–Crippen LogP) is 3.97. The second kappa shape index (κ2) is 7.99. The van der Waals surface area contributed by atoms with E-state index in [9.17, 15) is 0 Å². The van der Waals surface area contributed by atoms with E-state index in [1.165, 1.54) is 30.5 Å². The molecule has 1 aromatic heterocycles. The van der Waals surface area contributed by atoms with Gasteiger partial charge >= 0.3 is 0 Å². The van der Waals surface area contributed by atoms with E-state index in [0.717, 1.165) is 44.1 Å². The molecule has 1 saturated carbocycles. The fourth-order valence-corrected chi connectivity index (χ4v) is 4.73. The summed E-state index contributed by atoms with van der Waals surface area (Å²) in [6.07, 6.45) is 8.62. The van der Waals surface area contributed by atoms with Gasteiger partial charge in [0, 0.05) is 44.1 Å². The van der Waals surface area contributed by atoms with Crippen molar-refractivity contribution in [1.29, 1.82) is 0 Å². The molecule has 4 nitrogen and oxygen atoms in total. The van der Waals surface area contributed by atoms with Gasteiger partial charge in [0.05, 0.1) is 0 Å². The minimum Gasteiger partial charge on any atom is -0.486 e. The van der Waals surface area contributed by atoms with E-state index < -0.39 is 0 Å². The molecule has 0 radical (unpaired) electrons. The first-order chi connectivity index (χ1) is 13.1. The summed E-state index contributed by atoms with van der Waals surface area (Å²) in [7, 11) is 4.36. The summed E-state index contributed by atoms with van der Waals surface area (Å²) < 4.78 is 6.74. The molecule has 1 spiro atoms. The Bertz CT molecular complexity index is 738. The molecule has 144 valence electrons. The number of aromatic nitrogens is 1. The molecule has 4 heteroatoms. The zero-order chi connectivity index (χ0) is 18.7. The molecule has 4 rings (SSSR count). The van der Waals surface area contributed by atoms with Crippen molar-refractivity contribution in [2.24, 2.45) is 5.92 Å². The number of benzene rings is 1. The minimum atomic E-state index is -0.0579. The van der Waals surface area contributed by atoms with Gasteiger partial charge in [0.2, 0.25) is 0 Å². The van der Waals surface area contributed by atoms with Crippen LogP contribution in [0.25, 0.3) is 0 Å². The lowest BCUT2D eigenvalue weighted by Crippen LogP contribution is -2.48. The van der Waals surface area contributed by atoms with E-state index in [0.29, 0.717) is 0 Å². The highest BCUT2D eigenvalue weighted by Crippen LogP contribution is 2.40. The average molecular weight is 366 g/mol. The van der Waals surface area contributed by atoms with Crippen LogP contribution in [0, 0.1) is 5.92 Å². The van der Waals surface area contributed by atoms with E-state index in [4.69, 9.17) is 4.74 Å². The van der Waals surface area contributed by atoms with Gasteiger partial charge < -0.3 is 9.64 Å². The molecule has 1 fully saturated rings. The van der Waals surface area contributed by atoms with Crippen molar-refractivity contribution in [1.82, 2.24) is 14.8 Å². The van der Waals surface area contributed by atoms with Crippen LogP contribution >= 0.6 is 0 Å². The van der Waals surface area contributed by atoms with Gasteiger partial charge in [-0.05, 0) is 63.4 Å². The first-order valence-electron chi connectivity index (χ1n) is 10.1. The van der Waals surface area contributed by atoms with Crippen LogP contribution in [0.3, 0.4) is 0 Å². The van der Waals surface area contributed by atoms with E-state index in [-0.39, 0.29) is 5.60 Å². The van der Waals surface area contributed by atoms with Crippen LogP contribution in [0.5, 0.6) is 5.75 Å². The molecule has 2 aliphatic rings. The Balaban J connectivity index is 1.55. The third-order valence-electron chi connectivity index (χ3n) is 5.97. The van der Waals surface area contributed by atoms with Crippen LogP contribution in [-0.2, 0) is 13.1 Å². The summed E-state index contributed by atoms with van der Waals surface area (Å²) in [6, 6.07) is 12.8. The SMILES string of the molecule is CN(C)CC1CCC2(CC1)CN(Cc1cccnc1)Cc1ccccc1O2. The van der Waals surface area contributed by atoms with Crippen molar-refractivity contribution in [2.75, 3.05) is 27.2 Å². The largest absolute Gasteiger partial charge is 0.486 e. The van der Waals surface area contributed by atoms with Gasteiger partial charge in [-0.2, -0.15) is 0 Å². The molecule has 2 heterocycles. The van der Waals surface area contributed by atoms with Crippen molar-refractivity contribution >= 4 is 0 Å². The van der Waals surface area contributed by atoms with Crippen molar-refractivity contribution in [3.05, 3.63) is 59.9 Å². The Morgan fingerprint density at radius 3 is 2.70 bits per heavy atom. The lowest BCUT2D eigenvalue weighted by molar-refractivity contribution is -0.0114. The van der Waals surface area contributed by atoms with Gasteiger partial charge in [0.25, 0.3) is 0 Å². The quantitative estimate of drug-likeness (QED) is 0.820. The number of hydrogen-bond donors (Lipinski definition) is 0. The number of hydrogen-bond acceptors (Lipinski definition) is 4. The first kappa shape index (κ1) is 18.5. The van der Waals surface area contributed by atoms with E-state index in [1.807, 2.05) is 18.5 Å². The van der Waals surface area contributed by atoms with Gasteiger partial charge in [-0.1, -0.05) is 24.3 Å². The van der Waals surface area contributed by atoms with Gasteiger partial charge in [-0.15, -0.1) is 0 Å². The fourth-order valence-electron chi connectivity index (χ4n) is 4.73. The van der Waals surface area contributed by atoms with Crippen LogP contribution in [0.2, 0.25) is 0 Å². The third-order valence-corrected chi connectivity index (χ3v) is 5.97. The second-order valence-corrected chi connectivity index (χ2v) is 8.60. The lowest BCUT2D eigenvalue weighted by Gasteiger charge is -2.42. The predicted molar refractivity (Wildman–Crippen MR) is 109 cm³/mol. The Hall–Kier alpha value is -1.91. The highest BCUT2D eigenvalue weighted by atomic mass is 16.5. The lowest BCUT2D eigenvalue weighted by atomic mass is 9.78. The maximum absolute atomic E-state index is 6.74. The highest BCUT2D eigenvalue weighted by molar-refractivity contribution is 5.35. The summed E-state index contributed by atoms with van der Waals surface area (Å²) in [5.41, 5.74) is 2.51. The summed E-state index contributed by atoms with van der Waals surface area (Å²) in [5, 5.41) is 0. The molecular weight excluding hydrogens is 334 g/mol. The minimum absolute atomic E-state index is 0.0579. The maximum atomic E-state index is 6.74. The summed E-state index contributed by atoms with van der Waals surface area (Å²) >= 11 is 0. The fraction of sp³-hybridized carbons (Fsp3) is 0.522. The van der Waals surface area contributed by atoms with Gasteiger partial charge in [0.1, 0.15) is 11.4 Å². The number of rotatable bonds is 4. The van der Waals surface area contributed by atoms with Crippen LogP contribution < -0.4 is 4.74 Å². The normalized spacial score (nSPS) is 25.8. The molecule has 0 unspecified atom stereocenters. The van der Waals surface area contributed by atoms with Crippen molar-refractivity contribution < 1.29 is 4.74 Å². The summed E-state index contributed by atoms with van der Waals surface area (Å²) in [5.74, 6) is 1.87. The van der Waals surface area contributed by atoms with Crippen LogP contribution in [-0.4, -0.2) is 47.6 Å². The van der Waals surface area contributed by atoms with Gasteiger partial charge in [-0.25, -0.2) is 0 Å². The summed E-state index contributed by atoms with van der Waals surface area (Å²) in [6.45, 7) is 4.04. The molecule has 0 saturated heterocycles. The van der Waals surface area contributed by atoms with Crippen molar-refractivity contribution in [3.63, 3.8) is 0 Å². The number of para-hydroxylation sites is 1. The number of nitrogens with zero attached hydrogens (tertiary/aromatic N) is 3. The van der Waals surface area contributed by atoms with E-state index >= 15 is 0 Å². The van der Waals surface area contributed by atoms with Gasteiger partial charge in [0.15, 0.2) is 0 Å². The number of ether oxygens (including phenoxy) is 1. The van der Waals surface area contributed by atoms with Crippen molar-refractivity contribution in [3.8, 4) is 5.75 Å². The second-order valence-electron chi connectivity index (χ2n) is 8.60. The molecule has 0 atom stereocenters. The molecule has 27 heavy (non-hydrogen) atoms. The van der Waals surface area contributed by atoms with Crippen LogP contribution in [0.1, 0.15) is 36.8 Å². The Morgan fingerprint density at radius 1 is 1.15 bits per heavy atom. The first-order valence-corrected chi connectivity index (χ1v) is 10.1. The maximum Gasteiger partial charge on any atom is 0.124 e. The van der Waals surface area contributed by atoms with E-state index in [1.54, 1.807) is 0 Å². The molecule has 0 N–H and O–H groups in total. The average Bonchev–Trinajstić information content (AvgIpc) is 2.80. The third kappa shape index (κ3) is 4.50. The number of pyridine rings is 1. The van der Waals surface area contributed by atoms with Gasteiger partial charge in [-0.3, -0.25) is 9.88 Å². The Labute approximate surface area is 163 Å². The molecule has 0 amide bonds. The van der Waals surface area contributed by atoms with Crippen molar-refractivity contribution in [2.45, 2.75) is 44.4 Å². The molecule has 0 bridgehead atoms. The molecular formula is C23H31N3O. The standard InChI is InChI=1S/C23H31N3O/c1-25(2)15-19-9-11-23(12-10-19)18-26(16-20-6-5-13-24-14-20)17-21-7-3-4-8-22(21)27-23/h3-8,13-14,19H,9-12,15-18H2,1-2H3. The topological polar surface area (TPSA) is 28.6 Å². The molecule has 2 aromatic rings. The van der Waals surface area contributed by atoms with Crippen LogP contribution in [0.15, 0.2) is 48.8 Å². The monoisotopic (exact) mass is 365 g/mol. The Morgan fingerprint density at radius 2 is 1.96 bits per heavy atom. The molecule has 1 aliphatic heterocycles. The smallest absolute Gasteiger partial charge is 0.124 e. The number of fused-ring (bicyclic) bond motifs is 1.